The van der Waals surface area contributed by atoms with Gasteiger partial charge in [0, 0.05) is 10.2 Å². The largest absolute Gasteiger partial charge is 0.445 e. The van der Waals surface area contributed by atoms with Gasteiger partial charge in [-0.15, -0.1) is 0 Å². The summed E-state index contributed by atoms with van der Waals surface area (Å²) in [6.45, 7) is 1.52. The second kappa shape index (κ2) is 10.5. The summed E-state index contributed by atoms with van der Waals surface area (Å²) in [4.78, 5) is 16.7. The van der Waals surface area contributed by atoms with Gasteiger partial charge in [-0.25, -0.2) is 9.78 Å². The minimum absolute atomic E-state index is 0.230. The van der Waals surface area contributed by atoms with E-state index in [1.54, 1.807) is 11.8 Å². The Morgan fingerprint density at radius 2 is 2.07 bits per heavy atom. The predicted molar refractivity (Wildman–Crippen MR) is 115 cm³/mol. The third kappa shape index (κ3) is 5.73. The standard InChI is InChI=1S/C20H22BrN3O3S/c1-28-10-9-26-14-24-18-11-16(21)7-8-17(18)23-19(24)12-22-20(25)27-13-15-5-3-2-4-6-15/h2-8,11H,9-10,12-14H2,1H3,(H,22,25). The van der Waals surface area contributed by atoms with Crippen LogP contribution in [0, 0.1) is 0 Å². The van der Waals surface area contributed by atoms with Crippen molar-refractivity contribution < 1.29 is 14.3 Å². The third-order valence-electron chi connectivity index (χ3n) is 4.05. The number of alkyl carbamates (subject to hydrolysis) is 1. The van der Waals surface area contributed by atoms with E-state index in [9.17, 15) is 4.79 Å². The average molecular weight is 464 g/mol. The average Bonchev–Trinajstić information content (AvgIpc) is 3.05. The van der Waals surface area contributed by atoms with Crippen molar-refractivity contribution in [1.29, 1.82) is 0 Å². The van der Waals surface area contributed by atoms with Crippen LogP contribution in [0.3, 0.4) is 0 Å². The van der Waals surface area contributed by atoms with Crippen molar-refractivity contribution in [2.24, 2.45) is 0 Å². The molecular formula is C20H22BrN3O3S. The number of hydrogen-bond acceptors (Lipinski definition) is 5. The number of hydrogen-bond donors (Lipinski definition) is 1. The molecule has 0 aliphatic carbocycles. The van der Waals surface area contributed by atoms with Crippen LogP contribution in [0.5, 0.6) is 0 Å². The molecule has 0 unspecified atom stereocenters. The number of benzene rings is 2. The zero-order valence-electron chi connectivity index (χ0n) is 15.6. The van der Waals surface area contributed by atoms with Gasteiger partial charge < -0.3 is 19.4 Å². The molecule has 0 spiro atoms. The highest BCUT2D eigenvalue weighted by atomic mass is 79.9. The number of carbonyl (C=O) groups is 1. The van der Waals surface area contributed by atoms with Crippen molar-refractivity contribution in [3.63, 3.8) is 0 Å². The van der Waals surface area contributed by atoms with Crippen molar-refractivity contribution >= 4 is 44.8 Å². The molecule has 0 saturated carbocycles. The Morgan fingerprint density at radius 1 is 1.25 bits per heavy atom. The molecule has 0 atom stereocenters. The Bertz CT molecular complexity index is 918. The molecule has 0 radical (unpaired) electrons. The number of nitrogens with one attached hydrogen (secondary N) is 1. The van der Waals surface area contributed by atoms with Gasteiger partial charge in [-0.2, -0.15) is 11.8 Å². The molecule has 0 fully saturated rings. The van der Waals surface area contributed by atoms with Crippen LogP contribution in [0.15, 0.2) is 53.0 Å². The first-order chi connectivity index (χ1) is 13.7. The van der Waals surface area contributed by atoms with Gasteiger partial charge in [-0.05, 0) is 30.0 Å². The molecule has 8 heteroatoms. The number of carbonyl (C=O) groups excluding carboxylic acids is 1. The minimum Gasteiger partial charge on any atom is -0.445 e. The van der Waals surface area contributed by atoms with Gasteiger partial charge in [-0.1, -0.05) is 46.3 Å². The van der Waals surface area contributed by atoms with Crippen LogP contribution in [0.25, 0.3) is 11.0 Å². The van der Waals surface area contributed by atoms with Gasteiger partial charge >= 0.3 is 6.09 Å². The summed E-state index contributed by atoms with van der Waals surface area (Å²) in [5.74, 6) is 1.64. The third-order valence-corrected chi connectivity index (χ3v) is 5.11. The summed E-state index contributed by atoms with van der Waals surface area (Å²) in [6, 6.07) is 15.5. The van der Waals surface area contributed by atoms with E-state index < -0.39 is 6.09 Å². The molecule has 6 nitrogen and oxygen atoms in total. The van der Waals surface area contributed by atoms with Crippen LogP contribution in [0.4, 0.5) is 4.79 Å². The van der Waals surface area contributed by atoms with E-state index >= 15 is 0 Å². The number of ether oxygens (including phenoxy) is 2. The fourth-order valence-electron chi connectivity index (χ4n) is 2.65. The van der Waals surface area contributed by atoms with Crippen LogP contribution in [0.1, 0.15) is 11.4 Å². The SMILES string of the molecule is CSCCOCn1c(CNC(=O)OCc2ccccc2)nc2ccc(Br)cc21. The van der Waals surface area contributed by atoms with E-state index in [0.29, 0.717) is 19.2 Å². The van der Waals surface area contributed by atoms with Gasteiger partial charge in [0.1, 0.15) is 19.2 Å². The van der Waals surface area contributed by atoms with Crippen LogP contribution in [-0.2, 0) is 29.4 Å². The maximum absolute atomic E-state index is 12.1. The second-order valence-corrected chi connectivity index (χ2v) is 7.94. The monoisotopic (exact) mass is 463 g/mol. The lowest BCUT2D eigenvalue weighted by Crippen LogP contribution is -2.25. The molecular weight excluding hydrogens is 442 g/mol. The Labute approximate surface area is 176 Å². The van der Waals surface area contributed by atoms with Crippen LogP contribution < -0.4 is 5.32 Å². The highest BCUT2D eigenvalue weighted by Gasteiger charge is 2.13. The Kier molecular flexibility index (Phi) is 7.76. The van der Waals surface area contributed by atoms with E-state index in [1.165, 1.54) is 0 Å². The summed E-state index contributed by atoms with van der Waals surface area (Å²) >= 11 is 5.23. The smallest absolute Gasteiger partial charge is 0.407 e. The normalized spacial score (nSPS) is 10.9. The zero-order chi connectivity index (χ0) is 19.8. The van der Waals surface area contributed by atoms with Gasteiger partial charge in [0.2, 0.25) is 0 Å². The molecule has 1 aromatic heterocycles. The molecule has 1 N–H and O–H groups in total. The van der Waals surface area contributed by atoms with E-state index in [0.717, 1.165) is 26.8 Å². The van der Waals surface area contributed by atoms with Gasteiger partial charge in [0.25, 0.3) is 0 Å². The molecule has 1 heterocycles. The lowest BCUT2D eigenvalue weighted by Gasteiger charge is -2.11. The number of amides is 1. The molecule has 3 rings (SSSR count). The van der Waals surface area contributed by atoms with Crippen molar-refractivity contribution in [2.75, 3.05) is 18.6 Å². The quantitative estimate of drug-likeness (QED) is 0.471. The minimum atomic E-state index is -0.480. The summed E-state index contributed by atoms with van der Waals surface area (Å²) in [5, 5.41) is 2.77. The number of fused-ring (bicyclic) bond motifs is 1. The van der Waals surface area contributed by atoms with Crippen LogP contribution in [-0.4, -0.2) is 34.3 Å². The highest BCUT2D eigenvalue weighted by molar-refractivity contribution is 9.10. The molecule has 0 saturated heterocycles. The molecule has 2 aromatic carbocycles. The molecule has 28 heavy (non-hydrogen) atoms. The first-order valence-electron chi connectivity index (χ1n) is 8.83. The highest BCUT2D eigenvalue weighted by Crippen LogP contribution is 2.21. The summed E-state index contributed by atoms with van der Waals surface area (Å²) in [6.07, 6.45) is 1.57. The fraction of sp³-hybridized carbons (Fsp3) is 0.300. The molecule has 1 amide bonds. The number of nitrogens with zero attached hydrogens (tertiary/aromatic N) is 2. The second-order valence-electron chi connectivity index (χ2n) is 6.03. The molecule has 148 valence electrons. The van der Waals surface area contributed by atoms with Crippen molar-refractivity contribution in [3.05, 3.63) is 64.4 Å². The van der Waals surface area contributed by atoms with Crippen molar-refractivity contribution in [2.45, 2.75) is 19.9 Å². The first kappa shape index (κ1) is 20.7. The maximum atomic E-state index is 12.1. The number of thioether (sulfide) groups is 1. The molecule has 0 bridgehead atoms. The lowest BCUT2D eigenvalue weighted by atomic mass is 10.2. The summed E-state index contributed by atoms with van der Waals surface area (Å²) in [7, 11) is 0. The number of aromatic nitrogens is 2. The number of halogens is 1. The Hall–Kier alpha value is -2.03. The Balaban J connectivity index is 1.64. The first-order valence-corrected chi connectivity index (χ1v) is 11.0. The predicted octanol–water partition coefficient (Wildman–Crippen LogP) is 4.56. The zero-order valence-corrected chi connectivity index (χ0v) is 18.0. The number of rotatable bonds is 9. The lowest BCUT2D eigenvalue weighted by molar-refractivity contribution is 0.0900. The fourth-order valence-corrected chi connectivity index (χ4v) is 3.28. The van der Waals surface area contributed by atoms with E-state index in [1.807, 2.05) is 59.4 Å². The van der Waals surface area contributed by atoms with Gasteiger partial charge in [0.05, 0.1) is 24.2 Å². The molecule has 0 aliphatic rings. The van der Waals surface area contributed by atoms with Crippen LogP contribution >= 0.6 is 27.7 Å². The van der Waals surface area contributed by atoms with Crippen LogP contribution in [0.2, 0.25) is 0 Å². The topological polar surface area (TPSA) is 65.4 Å². The van der Waals surface area contributed by atoms with E-state index in [2.05, 4.69) is 26.2 Å². The molecule has 0 aliphatic heterocycles. The van der Waals surface area contributed by atoms with Crippen molar-refractivity contribution in [3.8, 4) is 0 Å². The maximum Gasteiger partial charge on any atom is 0.407 e. The van der Waals surface area contributed by atoms with E-state index in [-0.39, 0.29) is 13.2 Å². The number of imidazole rings is 1. The summed E-state index contributed by atoms with van der Waals surface area (Å²) in [5.41, 5.74) is 2.75. The summed E-state index contributed by atoms with van der Waals surface area (Å²) < 4.78 is 14.0. The van der Waals surface area contributed by atoms with Gasteiger partial charge in [-0.3, -0.25) is 0 Å². The Morgan fingerprint density at radius 3 is 2.86 bits per heavy atom. The van der Waals surface area contributed by atoms with Gasteiger partial charge in [0.15, 0.2) is 0 Å². The van der Waals surface area contributed by atoms with E-state index in [4.69, 9.17) is 9.47 Å². The molecule has 3 aromatic rings. The van der Waals surface area contributed by atoms with Crippen molar-refractivity contribution in [1.82, 2.24) is 14.9 Å².